The second-order valence-electron chi connectivity index (χ2n) is 10.3. The normalized spacial score (nSPS) is 16.9. The number of nitrogens with one attached hydrogen (secondary N) is 2. The first kappa shape index (κ1) is 29.5. The van der Waals surface area contributed by atoms with Crippen LogP contribution in [0.5, 0.6) is 6.01 Å². The van der Waals surface area contributed by atoms with Crippen LogP contribution < -0.4 is 20.5 Å². The summed E-state index contributed by atoms with van der Waals surface area (Å²) in [4.78, 5) is 43.3. The van der Waals surface area contributed by atoms with Gasteiger partial charge in [-0.05, 0) is 24.4 Å². The molecule has 2 aliphatic rings. The number of aromatic nitrogens is 2. The largest absolute Gasteiger partial charge is 0.467 e. The predicted molar refractivity (Wildman–Crippen MR) is 149 cm³/mol. The number of ether oxygens (including phenoxy) is 1. The van der Waals surface area contributed by atoms with Gasteiger partial charge in [-0.25, -0.2) is 5.06 Å². The highest BCUT2D eigenvalue weighted by atomic mass is 19.1. The summed E-state index contributed by atoms with van der Waals surface area (Å²) in [6.07, 6.45) is 5.51. The molecular weight excluding hydrogens is 517 g/mol. The number of hydrogen-bond acceptors (Lipinski definition) is 9. The van der Waals surface area contributed by atoms with Crippen molar-refractivity contribution >= 4 is 24.0 Å². The number of anilines is 2. The van der Waals surface area contributed by atoms with Crippen molar-refractivity contribution in [3.05, 3.63) is 41.7 Å². The molecule has 0 bridgehead atoms. The number of likely N-dealkylation sites (N-methyl/N-ethyl adjacent to an activating group) is 1. The number of piperazine rings is 1. The monoisotopic (exact) mass is 557 g/mol. The van der Waals surface area contributed by atoms with Crippen LogP contribution in [0.15, 0.2) is 30.3 Å². The van der Waals surface area contributed by atoms with E-state index in [2.05, 4.69) is 32.6 Å². The van der Waals surface area contributed by atoms with Crippen LogP contribution in [0.1, 0.15) is 44.6 Å². The molecule has 1 aliphatic heterocycles. The lowest BCUT2D eigenvalue weighted by atomic mass is 9.92. The number of carbonyl (C=O) groups is 2. The van der Waals surface area contributed by atoms with E-state index in [1.165, 1.54) is 7.11 Å². The number of nitrogens with zero attached hydrogens (tertiary/aromatic N) is 5. The van der Waals surface area contributed by atoms with Crippen molar-refractivity contribution in [3.63, 3.8) is 0 Å². The van der Waals surface area contributed by atoms with Gasteiger partial charge in [0.2, 0.25) is 18.1 Å². The summed E-state index contributed by atoms with van der Waals surface area (Å²) in [6.45, 7) is 6.13. The van der Waals surface area contributed by atoms with E-state index >= 15 is 4.39 Å². The lowest BCUT2D eigenvalue weighted by molar-refractivity contribution is -0.182. The van der Waals surface area contributed by atoms with Crippen LogP contribution in [0.25, 0.3) is 0 Å². The minimum Gasteiger partial charge on any atom is -0.467 e. The third-order valence-corrected chi connectivity index (χ3v) is 7.64. The molecule has 1 saturated carbocycles. The fourth-order valence-electron chi connectivity index (χ4n) is 5.29. The zero-order chi connectivity index (χ0) is 28.3. The van der Waals surface area contributed by atoms with Gasteiger partial charge in [0, 0.05) is 26.2 Å². The molecule has 1 atom stereocenters. The van der Waals surface area contributed by atoms with E-state index in [0.717, 1.165) is 55.9 Å². The third kappa shape index (κ3) is 8.01. The molecule has 40 heavy (non-hydrogen) atoms. The molecule has 0 unspecified atom stereocenters. The van der Waals surface area contributed by atoms with E-state index in [1.54, 1.807) is 0 Å². The van der Waals surface area contributed by atoms with E-state index in [4.69, 9.17) is 9.57 Å². The van der Waals surface area contributed by atoms with E-state index in [-0.39, 0.29) is 36.7 Å². The Morgan fingerprint density at radius 1 is 1.18 bits per heavy atom. The van der Waals surface area contributed by atoms with Gasteiger partial charge < -0.3 is 14.5 Å². The molecule has 2 amide bonds. The Labute approximate surface area is 235 Å². The minimum atomic E-state index is -0.667. The van der Waals surface area contributed by atoms with Gasteiger partial charge in [0.25, 0.3) is 0 Å². The maximum Gasteiger partial charge on any atom is 0.320 e. The van der Waals surface area contributed by atoms with E-state index in [9.17, 15) is 9.59 Å². The average molecular weight is 558 g/mol. The molecule has 2 N–H and O–H groups in total. The van der Waals surface area contributed by atoms with Crippen molar-refractivity contribution in [2.45, 2.75) is 45.6 Å². The van der Waals surface area contributed by atoms with Gasteiger partial charge in [-0.1, -0.05) is 62.9 Å². The average Bonchev–Trinajstić information content (AvgIpc) is 3.52. The number of hydroxylamine groups is 2. The summed E-state index contributed by atoms with van der Waals surface area (Å²) >= 11 is 0. The molecule has 2 aromatic rings. The molecule has 1 aromatic heterocycles. The second-order valence-corrected chi connectivity index (χ2v) is 10.3. The molecule has 4 rings (SSSR count). The summed E-state index contributed by atoms with van der Waals surface area (Å²) in [6, 6.07) is 9.49. The Hall–Kier alpha value is -3.51. The van der Waals surface area contributed by atoms with Crippen LogP contribution in [0.3, 0.4) is 0 Å². The van der Waals surface area contributed by atoms with Crippen molar-refractivity contribution in [2.75, 3.05) is 56.7 Å². The molecule has 1 aromatic carbocycles. The smallest absolute Gasteiger partial charge is 0.320 e. The molecular formula is C28H40FN7O4. The fourth-order valence-corrected chi connectivity index (χ4v) is 5.29. The van der Waals surface area contributed by atoms with Gasteiger partial charge >= 0.3 is 6.01 Å². The van der Waals surface area contributed by atoms with Crippen molar-refractivity contribution in [1.29, 1.82) is 0 Å². The first-order valence-corrected chi connectivity index (χ1v) is 14.0. The first-order chi connectivity index (χ1) is 19.5. The zero-order valence-corrected chi connectivity index (χ0v) is 23.4. The Morgan fingerprint density at radius 3 is 2.55 bits per heavy atom. The summed E-state index contributed by atoms with van der Waals surface area (Å²) in [7, 11) is 1.41. The van der Waals surface area contributed by atoms with Crippen LogP contribution in [0.4, 0.5) is 16.0 Å². The Balaban J connectivity index is 1.43. The van der Waals surface area contributed by atoms with E-state index in [1.807, 2.05) is 35.2 Å². The van der Waals surface area contributed by atoms with Gasteiger partial charge in [0.1, 0.15) is 6.61 Å². The number of rotatable bonds is 14. The first-order valence-electron chi connectivity index (χ1n) is 14.0. The molecule has 0 spiro atoms. The summed E-state index contributed by atoms with van der Waals surface area (Å²) < 4.78 is 20.8. The van der Waals surface area contributed by atoms with Gasteiger partial charge in [-0.3, -0.25) is 25.3 Å². The van der Waals surface area contributed by atoms with Gasteiger partial charge in [-0.15, -0.1) is 0 Å². The summed E-state index contributed by atoms with van der Waals surface area (Å²) in [5, 5.41) is 1.16. The van der Waals surface area contributed by atoms with E-state index < -0.39 is 11.7 Å². The van der Waals surface area contributed by atoms with Crippen molar-refractivity contribution in [2.24, 2.45) is 11.8 Å². The fraction of sp³-hybridized carbons (Fsp3) is 0.571. The molecule has 218 valence electrons. The van der Waals surface area contributed by atoms with Crippen LogP contribution in [0, 0.1) is 17.7 Å². The molecule has 0 radical (unpaired) electrons. The Morgan fingerprint density at radius 2 is 1.90 bits per heavy atom. The molecule has 1 aliphatic carbocycles. The van der Waals surface area contributed by atoms with Crippen LogP contribution in [0.2, 0.25) is 0 Å². The van der Waals surface area contributed by atoms with Crippen LogP contribution in [-0.2, 0) is 21.0 Å². The minimum absolute atomic E-state index is 0.00461. The number of benzene rings is 1. The molecule has 2 heterocycles. The number of carbonyl (C=O) groups excluding carboxylic acids is 2. The highest BCUT2D eigenvalue weighted by molar-refractivity contribution is 5.80. The Bertz CT molecular complexity index is 1100. The van der Waals surface area contributed by atoms with Crippen molar-refractivity contribution in [1.82, 2.24) is 25.4 Å². The van der Waals surface area contributed by atoms with Gasteiger partial charge in [-0.2, -0.15) is 14.4 Å². The number of hydrazine groups is 1. The number of methoxy groups -OCH3 is 1. The van der Waals surface area contributed by atoms with Crippen LogP contribution >= 0.6 is 0 Å². The zero-order valence-electron chi connectivity index (χ0n) is 23.4. The Kier molecular flexibility index (Phi) is 10.9. The highest BCUT2D eigenvalue weighted by Gasteiger charge is 2.29. The van der Waals surface area contributed by atoms with Crippen molar-refractivity contribution in [3.8, 4) is 6.01 Å². The molecule has 12 heteroatoms. The topological polar surface area (TPSA) is 112 Å². The maximum atomic E-state index is 15.5. The SMILES string of the molecule is CCN1CCN(c2nc(OC)nc(NNC(=O)[C@@H](CC3CCCC3)CN(C=O)OCc3ccccc3)c2F)CC1. The highest BCUT2D eigenvalue weighted by Crippen LogP contribution is 2.31. The number of hydrogen-bond donors (Lipinski definition) is 2. The maximum absolute atomic E-state index is 15.5. The predicted octanol–water partition coefficient (Wildman–Crippen LogP) is 3.00. The molecule has 2 fully saturated rings. The van der Waals surface area contributed by atoms with Crippen LogP contribution in [-0.4, -0.2) is 78.6 Å². The lowest BCUT2D eigenvalue weighted by Gasteiger charge is -2.35. The lowest BCUT2D eigenvalue weighted by Crippen LogP contribution is -2.47. The summed E-state index contributed by atoms with van der Waals surface area (Å²) in [5.41, 5.74) is 6.18. The van der Waals surface area contributed by atoms with Gasteiger partial charge in [0.05, 0.1) is 19.6 Å². The summed E-state index contributed by atoms with van der Waals surface area (Å²) in [5.74, 6) is -1.28. The molecule has 1 saturated heterocycles. The van der Waals surface area contributed by atoms with Gasteiger partial charge in [0.15, 0.2) is 11.6 Å². The van der Waals surface area contributed by atoms with Crippen molar-refractivity contribution < 1.29 is 23.6 Å². The number of amides is 2. The standard InChI is InChI=1S/C28H40FN7O4/c1-3-34-13-15-35(16-14-34)26-24(29)25(30-28(31-26)39-2)32-33-27(38)23(17-21-9-7-8-10-21)18-36(20-37)40-19-22-11-5-4-6-12-22/h4-6,11-12,20-21,23H,3,7-10,13-19H2,1-2H3,(H,33,38)(H,30,31,32)/t23-/m0/s1. The molecule has 11 nitrogen and oxygen atoms in total. The van der Waals surface area contributed by atoms with E-state index in [0.29, 0.717) is 31.8 Å². The third-order valence-electron chi connectivity index (χ3n) is 7.64. The second kappa shape index (κ2) is 14.8. The quantitative estimate of drug-likeness (QED) is 0.267. The number of halogens is 1.